The number of rotatable bonds is 34. The molecule has 0 bridgehead atoms. The normalized spacial score (nSPS) is 13.5. The van der Waals surface area contributed by atoms with E-state index in [4.69, 9.17) is 26.6 Å². The molecule has 0 saturated heterocycles. The van der Waals surface area contributed by atoms with E-state index >= 15 is 0 Å². The number of hydrogen-bond acceptors (Lipinski definition) is 8. The molecule has 0 amide bonds. The zero-order chi connectivity index (χ0) is 35.7. The Hall–Kier alpha value is 1.69. The molecule has 0 aromatic rings. The third kappa shape index (κ3) is 21.7. The van der Waals surface area contributed by atoms with Gasteiger partial charge in [-0.15, -0.1) is 0 Å². The maximum absolute atomic E-state index is 6.57. The van der Waals surface area contributed by atoms with E-state index in [1.807, 2.05) is 0 Å². The zero-order valence-corrected chi connectivity index (χ0v) is 39.8. The molecular formula is C36H80O6S2Si2Sn. The Morgan fingerprint density at radius 2 is 0.681 bits per heavy atom. The summed E-state index contributed by atoms with van der Waals surface area (Å²) >= 11 is -2.71. The van der Waals surface area contributed by atoms with Crippen LogP contribution in [0.25, 0.3) is 0 Å². The Bertz CT molecular complexity index is 647. The number of unbranched alkanes of at least 4 members (excludes halogenated alkanes) is 2. The summed E-state index contributed by atoms with van der Waals surface area (Å²) in [5.74, 6) is 2.30. The van der Waals surface area contributed by atoms with Crippen LogP contribution < -0.4 is 0 Å². The summed E-state index contributed by atoms with van der Waals surface area (Å²) in [6, 6.07) is 1.78. The summed E-state index contributed by atoms with van der Waals surface area (Å²) in [6.45, 7) is 31.8. The van der Waals surface area contributed by atoms with E-state index in [1.54, 1.807) is 0 Å². The van der Waals surface area contributed by atoms with Crippen LogP contribution in [0.15, 0.2) is 0 Å². The van der Waals surface area contributed by atoms with Crippen molar-refractivity contribution >= 4 is 51.1 Å². The van der Waals surface area contributed by atoms with Crippen molar-refractivity contribution in [2.45, 2.75) is 168 Å². The molecule has 0 aromatic carbocycles. The third-order valence-corrected chi connectivity index (χ3v) is 45.4. The van der Waals surface area contributed by atoms with Gasteiger partial charge in [0.2, 0.25) is 0 Å². The molecule has 0 N–H and O–H groups in total. The summed E-state index contributed by atoms with van der Waals surface area (Å²) in [5, 5.41) is 0. The van der Waals surface area contributed by atoms with E-state index in [0.29, 0.717) is 39.6 Å². The van der Waals surface area contributed by atoms with Crippen molar-refractivity contribution in [3.8, 4) is 0 Å². The molecule has 0 heterocycles. The Balaban J connectivity index is 6.24. The van der Waals surface area contributed by atoms with Crippen molar-refractivity contribution in [2.75, 3.05) is 51.1 Å². The Kier molecular flexibility index (Phi) is 28.3. The van der Waals surface area contributed by atoms with Gasteiger partial charge in [0.15, 0.2) is 0 Å². The minimum atomic E-state index is -2.78. The van der Waals surface area contributed by atoms with Gasteiger partial charge >= 0.3 is 308 Å². The average molecular weight is 848 g/mol. The van der Waals surface area contributed by atoms with Crippen molar-refractivity contribution in [1.29, 1.82) is 0 Å². The first-order valence-electron chi connectivity index (χ1n) is 19.4. The standard InChI is InChI=1S/2C14H32O3SSi.2C4H9.Sn/c2*1-6-9-15-19(16-10-7-2,17-11-8-3)13-14(4,5)12-18;2*1-3-4-2;/h2*18H,6-13H2,1-5H3;2*1,3-4H2,2H3;/q;;;;+2/p-2. The topological polar surface area (TPSA) is 55.4 Å². The molecule has 11 heteroatoms. The predicted molar refractivity (Wildman–Crippen MR) is 216 cm³/mol. The molecule has 0 aliphatic heterocycles. The fourth-order valence-electron chi connectivity index (χ4n) is 5.38. The quantitative estimate of drug-likeness (QED) is 0.0594. The number of hydrogen-bond donors (Lipinski definition) is 0. The molecule has 0 spiro atoms. The van der Waals surface area contributed by atoms with Crippen molar-refractivity contribution in [1.82, 2.24) is 0 Å². The van der Waals surface area contributed by atoms with Gasteiger partial charge in [-0.2, -0.15) is 0 Å². The van der Waals surface area contributed by atoms with Crippen LogP contribution >= 0.6 is 17.9 Å². The van der Waals surface area contributed by atoms with E-state index in [9.17, 15) is 0 Å². The van der Waals surface area contributed by atoms with E-state index in [-0.39, 0.29) is 10.8 Å². The van der Waals surface area contributed by atoms with Gasteiger partial charge in [-0.3, -0.25) is 0 Å². The zero-order valence-electron chi connectivity index (χ0n) is 33.3. The molecular weight excluding hydrogens is 767 g/mol. The van der Waals surface area contributed by atoms with E-state index in [2.05, 4.69) is 101 Å². The van der Waals surface area contributed by atoms with Crippen LogP contribution in [0.4, 0.5) is 0 Å². The Labute approximate surface area is 305 Å². The average Bonchev–Trinajstić information content (AvgIpc) is 3.05. The van der Waals surface area contributed by atoms with Crippen molar-refractivity contribution in [3.63, 3.8) is 0 Å². The maximum atomic E-state index is 6.57. The molecule has 284 valence electrons. The molecule has 0 fully saturated rings. The molecule has 0 radical (unpaired) electrons. The Morgan fingerprint density at radius 3 is 0.894 bits per heavy atom. The van der Waals surface area contributed by atoms with Crippen molar-refractivity contribution in [3.05, 3.63) is 0 Å². The molecule has 0 aliphatic rings. The molecule has 0 saturated carbocycles. The second kappa shape index (κ2) is 27.3. The molecule has 6 nitrogen and oxygen atoms in total. The first-order valence-corrected chi connectivity index (χ1v) is 36.3. The summed E-state index contributed by atoms with van der Waals surface area (Å²) in [4.78, 5) is 0. The summed E-state index contributed by atoms with van der Waals surface area (Å²) in [6.07, 6.45) is 11.1. The minimum absolute atomic E-state index is 0.0703. The van der Waals surface area contributed by atoms with Crippen molar-refractivity contribution in [2.24, 2.45) is 10.8 Å². The van der Waals surface area contributed by atoms with Gasteiger partial charge in [0, 0.05) is 0 Å². The van der Waals surface area contributed by atoms with Gasteiger partial charge < -0.3 is 0 Å². The van der Waals surface area contributed by atoms with Crippen LogP contribution in [0.3, 0.4) is 0 Å². The van der Waals surface area contributed by atoms with Crippen LogP contribution in [0.1, 0.15) is 147 Å². The molecule has 47 heavy (non-hydrogen) atoms. The Morgan fingerprint density at radius 1 is 0.426 bits per heavy atom. The van der Waals surface area contributed by atoms with Gasteiger partial charge in [0.25, 0.3) is 0 Å². The second-order valence-electron chi connectivity index (χ2n) is 14.8. The van der Waals surface area contributed by atoms with Crippen molar-refractivity contribution < 1.29 is 26.6 Å². The van der Waals surface area contributed by atoms with Crippen LogP contribution in [0.5, 0.6) is 0 Å². The van der Waals surface area contributed by atoms with Crippen LogP contribution in [-0.4, -0.2) is 84.4 Å². The van der Waals surface area contributed by atoms with Gasteiger partial charge in [0.1, 0.15) is 0 Å². The second-order valence-corrected chi connectivity index (χ2v) is 46.4. The monoisotopic (exact) mass is 848 g/mol. The van der Waals surface area contributed by atoms with Gasteiger partial charge in [-0.25, -0.2) is 0 Å². The fourth-order valence-corrected chi connectivity index (χ4v) is 45.3. The molecule has 0 aromatic heterocycles. The fraction of sp³-hybridized carbons (Fsp3) is 1.00. The first kappa shape index (κ1) is 48.7. The van der Waals surface area contributed by atoms with Gasteiger partial charge in [-0.1, -0.05) is 0 Å². The van der Waals surface area contributed by atoms with Crippen LogP contribution in [0.2, 0.25) is 21.0 Å². The summed E-state index contributed by atoms with van der Waals surface area (Å²) in [5.41, 5.74) is 0.141. The summed E-state index contributed by atoms with van der Waals surface area (Å²) in [7, 11) is -0.738. The van der Waals surface area contributed by atoms with Gasteiger partial charge in [-0.05, 0) is 0 Å². The molecule has 0 rings (SSSR count). The van der Waals surface area contributed by atoms with E-state index in [1.165, 1.54) is 34.6 Å². The van der Waals surface area contributed by atoms with E-state index in [0.717, 1.165) is 62.1 Å². The SMILES string of the molecule is CCC[CH2][Sn]([CH2]CCC)([S]CC(C)(C)C[Si](OCCC)(OCCC)OCCC)[S]CC(C)(C)C[Si](OCCC)(OCCC)OCCC. The van der Waals surface area contributed by atoms with Crippen LogP contribution in [-0.2, 0) is 26.6 Å². The molecule has 0 aliphatic carbocycles. The van der Waals surface area contributed by atoms with Crippen LogP contribution in [0, 0.1) is 10.8 Å². The van der Waals surface area contributed by atoms with E-state index < -0.39 is 33.2 Å². The molecule has 0 atom stereocenters. The summed E-state index contributed by atoms with van der Waals surface area (Å²) < 4.78 is 42.3. The predicted octanol–water partition coefficient (Wildman–Crippen LogP) is 12.0. The third-order valence-electron chi connectivity index (χ3n) is 7.82. The van der Waals surface area contributed by atoms with Gasteiger partial charge in [0.05, 0.1) is 0 Å². The molecule has 0 unspecified atom stereocenters. The first-order chi connectivity index (χ1) is 22.3.